The van der Waals surface area contributed by atoms with Crippen LogP contribution in [-0.2, 0) is 9.59 Å². The number of aliphatic hydroxyl groups is 1. The first-order valence-electron chi connectivity index (χ1n) is 14.8. The molecule has 0 bridgehead atoms. The number of carbonyl (C=O) groups excluding carboxylic acids is 2. The lowest BCUT2D eigenvalue weighted by Crippen LogP contribution is -2.54. The number of likely N-dealkylation sites (tertiary alicyclic amines) is 1. The van der Waals surface area contributed by atoms with Crippen LogP contribution < -0.4 is 5.32 Å². The zero-order valence-corrected chi connectivity index (χ0v) is 23.5. The molecule has 5 nitrogen and oxygen atoms in total. The Kier molecular flexibility index (Phi) is 6.69. The van der Waals surface area contributed by atoms with Crippen LogP contribution in [0.1, 0.15) is 82.1 Å². The van der Waals surface area contributed by atoms with Gasteiger partial charge in [-0.3, -0.25) is 9.59 Å². The highest BCUT2D eigenvalue weighted by atomic mass is 16.3. The lowest BCUT2D eigenvalue weighted by Gasteiger charge is -2.58. The molecule has 4 aliphatic rings. The molecule has 8 atom stereocenters. The third kappa shape index (κ3) is 4.25. The molecule has 2 N–H and O–H groups in total. The highest BCUT2D eigenvalue weighted by Crippen LogP contribution is 2.66. The second kappa shape index (κ2) is 9.92. The van der Waals surface area contributed by atoms with Crippen molar-refractivity contribution in [3.8, 4) is 0 Å². The summed E-state index contributed by atoms with van der Waals surface area (Å²) >= 11 is 0. The van der Waals surface area contributed by atoms with Crippen LogP contribution in [0.4, 0.5) is 0 Å². The number of piperidine rings is 1. The number of fused-ring (bicyclic) bond motifs is 5. The number of nitrogens with zero attached hydrogens (tertiary/aromatic N) is 1. The summed E-state index contributed by atoms with van der Waals surface area (Å²) in [4.78, 5) is 28.4. The summed E-state index contributed by atoms with van der Waals surface area (Å²) in [6, 6.07) is 19.0. The molecular weight excluding hydrogens is 484 g/mol. The van der Waals surface area contributed by atoms with Gasteiger partial charge in [0.1, 0.15) is 6.10 Å². The summed E-state index contributed by atoms with van der Waals surface area (Å²) in [5, 5.41) is 14.7. The molecule has 6 rings (SSSR count). The Bertz CT molecular complexity index is 1260. The van der Waals surface area contributed by atoms with E-state index in [1.54, 1.807) is 0 Å². The minimum absolute atomic E-state index is 0.0471. The van der Waals surface area contributed by atoms with Gasteiger partial charge in [0.05, 0.1) is 6.04 Å². The van der Waals surface area contributed by atoms with Gasteiger partial charge in [0, 0.05) is 30.5 Å². The van der Waals surface area contributed by atoms with Gasteiger partial charge in [-0.2, -0.15) is 0 Å². The summed E-state index contributed by atoms with van der Waals surface area (Å²) in [6.45, 7) is 4.74. The van der Waals surface area contributed by atoms with Crippen molar-refractivity contribution in [3.05, 3.63) is 83.6 Å². The lowest BCUT2D eigenvalue weighted by atomic mass is 9.49. The number of nitrogens with one attached hydrogen (secondary N) is 1. The second-order valence-corrected chi connectivity index (χ2v) is 13.0. The van der Waals surface area contributed by atoms with Crippen LogP contribution >= 0.6 is 0 Å². The lowest BCUT2D eigenvalue weighted by molar-refractivity contribution is -0.139. The smallest absolute Gasteiger partial charge is 0.226 e. The van der Waals surface area contributed by atoms with E-state index in [0.717, 1.165) is 49.7 Å². The summed E-state index contributed by atoms with van der Waals surface area (Å²) in [7, 11) is 1.95. The van der Waals surface area contributed by atoms with E-state index >= 15 is 0 Å². The van der Waals surface area contributed by atoms with Gasteiger partial charge in [0.25, 0.3) is 0 Å². The van der Waals surface area contributed by atoms with Crippen LogP contribution in [0, 0.1) is 34.5 Å². The molecule has 0 radical (unpaired) electrons. The van der Waals surface area contributed by atoms with Crippen LogP contribution in [0.3, 0.4) is 0 Å². The first-order chi connectivity index (χ1) is 18.7. The topological polar surface area (TPSA) is 69.6 Å². The molecule has 0 spiro atoms. The van der Waals surface area contributed by atoms with E-state index in [1.165, 1.54) is 5.70 Å². The number of benzene rings is 2. The maximum atomic E-state index is 14.1. The minimum atomic E-state index is -0.828. The Morgan fingerprint density at radius 1 is 0.949 bits per heavy atom. The van der Waals surface area contributed by atoms with Gasteiger partial charge >= 0.3 is 0 Å². The molecule has 3 aliphatic carbocycles. The minimum Gasteiger partial charge on any atom is -0.386 e. The van der Waals surface area contributed by atoms with E-state index in [2.05, 4.69) is 25.2 Å². The molecule has 2 aromatic carbocycles. The average molecular weight is 527 g/mol. The molecule has 1 aliphatic heterocycles. The third-order valence-corrected chi connectivity index (χ3v) is 11.2. The van der Waals surface area contributed by atoms with Gasteiger partial charge in [-0.25, -0.2) is 0 Å². The Hall–Kier alpha value is -2.92. The monoisotopic (exact) mass is 526 g/mol. The van der Waals surface area contributed by atoms with Gasteiger partial charge in [-0.15, -0.1) is 0 Å². The van der Waals surface area contributed by atoms with E-state index in [1.807, 2.05) is 72.6 Å². The number of rotatable bonds is 5. The van der Waals surface area contributed by atoms with Gasteiger partial charge in [-0.05, 0) is 72.8 Å². The first-order valence-corrected chi connectivity index (χ1v) is 14.8. The Morgan fingerprint density at radius 3 is 2.31 bits per heavy atom. The maximum Gasteiger partial charge on any atom is 0.226 e. The predicted molar refractivity (Wildman–Crippen MR) is 152 cm³/mol. The fourth-order valence-electron chi connectivity index (χ4n) is 9.11. The normalized spacial score (nSPS) is 35.2. The molecule has 2 aromatic rings. The molecule has 3 unspecified atom stereocenters. The van der Waals surface area contributed by atoms with Crippen LogP contribution in [-0.4, -0.2) is 28.9 Å². The van der Waals surface area contributed by atoms with Crippen molar-refractivity contribution in [1.82, 2.24) is 10.2 Å². The molecule has 1 saturated heterocycles. The highest BCUT2D eigenvalue weighted by Gasteiger charge is 2.60. The molecule has 206 valence electrons. The Balaban J connectivity index is 1.25. The molecule has 3 fully saturated rings. The van der Waals surface area contributed by atoms with Gasteiger partial charge in [-0.1, -0.05) is 80.6 Å². The summed E-state index contributed by atoms with van der Waals surface area (Å²) in [5.41, 5.74) is 2.95. The highest BCUT2D eigenvalue weighted by molar-refractivity contribution is 5.81. The van der Waals surface area contributed by atoms with Crippen LogP contribution in [0.15, 0.2) is 72.4 Å². The standard InChI is InChI=1S/C34H42N2O3/c1-33-20-18-26-24(14-17-28-34(26,2)21-19-29(37)36(28)3)25(33)15-16-27(33)32(39)35-30(22-10-6-4-7-11-22)31(38)23-12-8-5-9-13-23/h4-13,17,24-27,30-31,38H,14-16,18-21H2,1-3H3,(H,35,39)/t24-,25-,26+,27?,30?,31?,33-,34+/m0/s1. The predicted octanol–water partition coefficient (Wildman–Crippen LogP) is 6.18. The zero-order valence-electron chi connectivity index (χ0n) is 23.5. The zero-order chi connectivity index (χ0) is 27.4. The average Bonchev–Trinajstić information content (AvgIpc) is 3.32. The number of allylic oxidation sites excluding steroid dienone is 2. The SMILES string of the molecule is CN1C(=O)CC[C@@]2(C)C1=CC[C@@H]1[C@H]2CC[C@]2(C)C(C(=O)NC(c3ccccc3)C(O)c3ccccc3)CC[C@@H]12. The van der Waals surface area contributed by atoms with Gasteiger partial charge in [0.2, 0.25) is 11.8 Å². The molecule has 2 saturated carbocycles. The summed E-state index contributed by atoms with van der Waals surface area (Å²) in [6.07, 6.45) is 8.19. The second-order valence-electron chi connectivity index (χ2n) is 13.0. The quantitative estimate of drug-likeness (QED) is 0.489. The fraction of sp³-hybridized carbons (Fsp3) is 0.529. The Labute approximate surface area is 232 Å². The van der Waals surface area contributed by atoms with Gasteiger partial charge < -0.3 is 15.3 Å². The van der Waals surface area contributed by atoms with Crippen molar-refractivity contribution < 1.29 is 14.7 Å². The van der Waals surface area contributed by atoms with E-state index in [-0.39, 0.29) is 28.6 Å². The Morgan fingerprint density at radius 2 is 1.62 bits per heavy atom. The summed E-state index contributed by atoms with van der Waals surface area (Å²) in [5.74, 6) is 1.86. The molecular formula is C34H42N2O3. The fourth-order valence-corrected chi connectivity index (χ4v) is 9.11. The van der Waals surface area contributed by atoms with Crippen molar-refractivity contribution >= 4 is 11.8 Å². The number of aliphatic hydroxyl groups excluding tert-OH is 1. The van der Waals surface area contributed by atoms with E-state index in [9.17, 15) is 14.7 Å². The molecule has 39 heavy (non-hydrogen) atoms. The maximum absolute atomic E-state index is 14.1. The van der Waals surface area contributed by atoms with E-state index < -0.39 is 12.1 Å². The van der Waals surface area contributed by atoms with Crippen molar-refractivity contribution in [2.24, 2.45) is 34.5 Å². The van der Waals surface area contributed by atoms with Crippen molar-refractivity contribution in [1.29, 1.82) is 0 Å². The van der Waals surface area contributed by atoms with Crippen LogP contribution in [0.25, 0.3) is 0 Å². The van der Waals surface area contributed by atoms with Crippen molar-refractivity contribution in [2.75, 3.05) is 7.05 Å². The van der Waals surface area contributed by atoms with E-state index in [0.29, 0.717) is 24.2 Å². The van der Waals surface area contributed by atoms with Crippen molar-refractivity contribution in [2.45, 2.75) is 70.9 Å². The molecule has 0 aromatic heterocycles. The van der Waals surface area contributed by atoms with E-state index in [4.69, 9.17) is 0 Å². The summed E-state index contributed by atoms with van der Waals surface area (Å²) < 4.78 is 0. The number of carbonyl (C=O) groups is 2. The largest absolute Gasteiger partial charge is 0.386 e. The number of hydrogen-bond donors (Lipinski definition) is 2. The van der Waals surface area contributed by atoms with Crippen molar-refractivity contribution in [3.63, 3.8) is 0 Å². The molecule has 2 amide bonds. The third-order valence-electron chi connectivity index (χ3n) is 11.2. The number of hydrogen-bond acceptors (Lipinski definition) is 3. The first kappa shape index (κ1) is 26.3. The van der Waals surface area contributed by atoms with Crippen LogP contribution in [0.5, 0.6) is 0 Å². The molecule has 1 heterocycles. The van der Waals surface area contributed by atoms with Gasteiger partial charge in [0.15, 0.2) is 0 Å². The number of amides is 2. The molecule has 5 heteroatoms. The van der Waals surface area contributed by atoms with Crippen LogP contribution in [0.2, 0.25) is 0 Å².